The predicted octanol–water partition coefficient (Wildman–Crippen LogP) is 6.05. The Labute approximate surface area is 356 Å². The van der Waals surface area contributed by atoms with Gasteiger partial charge < -0.3 is 19.7 Å². The van der Waals surface area contributed by atoms with Gasteiger partial charge in [-0.25, -0.2) is 0 Å². The van der Waals surface area contributed by atoms with E-state index in [-0.39, 0.29) is 25.3 Å². The normalized spacial score (nSPS) is 22.8. The van der Waals surface area contributed by atoms with Gasteiger partial charge >= 0.3 is 11.9 Å². The fourth-order valence-electron chi connectivity index (χ4n) is 9.77. The standard InChI is InChI=1S/C50H64N4O6/c1-49(2)44(47(57)59-36-42(55)34-51-26-30-53(31-27-51)45(38-16-8-4-9-17-38)39-18-10-5-11-19-39)24-25-50(49,3)48(58)60-37-43(56)35-52-28-32-54(33-29-52)46(40-20-12-6-13-21-40)41-22-14-7-15-23-41/h4-23,42-46,55-56H,24-37H2,1-3H3/t42-,43+,44-,50+/m0/s1. The zero-order chi connectivity index (χ0) is 42.1. The van der Waals surface area contributed by atoms with Crippen LogP contribution in [-0.4, -0.2) is 133 Å². The lowest BCUT2D eigenvalue weighted by atomic mass is 9.65. The largest absolute Gasteiger partial charge is 0.463 e. The average Bonchev–Trinajstić information content (AvgIpc) is 3.53. The van der Waals surface area contributed by atoms with Gasteiger partial charge in [-0.1, -0.05) is 135 Å². The van der Waals surface area contributed by atoms with Gasteiger partial charge in [-0.05, 0) is 47.4 Å². The Kier molecular flexibility index (Phi) is 14.5. The van der Waals surface area contributed by atoms with E-state index in [1.807, 2.05) is 45.0 Å². The van der Waals surface area contributed by atoms with Crippen LogP contribution in [0.15, 0.2) is 121 Å². The van der Waals surface area contributed by atoms with E-state index in [1.165, 1.54) is 22.3 Å². The van der Waals surface area contributed by atoms with Gasteiger partial charge in [-0.2, -0.15) is 0 Å². The van der Waals surface area contributed by atoms with Gasteiger partial charge in [-0.15, -0.1) is 0 Å². The van der Waals surface area contributed by atoms with Crippen molar-refractivity contribution in [1.29, 1.82) is 0 Å². The van der Waals surface area contributed by atoms with Crippen LogP contribution in [-0.2, 0) is 19.1 Å². The first-order valence-corrected chi connectivity index (χ1v) is 21.9. The number of nitrogens with zero attached hydrogens (tertiary/aromatic N) is 4. The van der Waals surface area contributed by atoms with E-state index in [0.717, 1.165) is 52.4 Å². The third-order valence-corrected chi connectivity index (χ3v) is 13.7. The van der Waals surface area contributed by atoms with Gasteiger partial charge in [0.25, 0.3) is 0 Å². The first kappa shape index (κ1) is 43.7. The number of carbonyl (C=O) groups excluding carboxylic acids is 2. The molecule has 0 aromatic heterocycles. The highest BCUT2D eigenvalue weighted by Crippen LogP contribution is 2.57. The minimum absolute atomic E-state index is 0.0942. The van der Waals surface area contributed by atoms with Gasteiger partial charge in [0.15, 0.2) is 0 Å². The zero-order valence-corrected chi connectivity index (χ0v) is 35.6. The Morgan fingerprint density at radius 3 is 1.28 bits per heavy atom. The predicted molar refractivity (Wildman–Crippen MR) is 234 cm³/mol. The van der Waals surface area contributed by atoms with Crippen molar-refractivity contribution in [3.8, 4) is 0 Å². The summed E-state index contributed by atoms with van der Waals surface area (Å²) in [6, 6.07) is 42.7. The Hall–Kier alpha value is -4.42. The molecule has 2 heterocycles. The van der Waals surface area contributed by atoms with Crippen LogP contribution in [0, 0.1) is 16.7 Å². The molecule has 7 rings (SSSR count). The molecule has 0 radical (unpaired) electrons. The van der Waals surface area contributed by atoms with Crippen LogP contribution in [0.5, 0.6) is 0 Å². The van der Waals surface area contributed by atoms with Gasteiger partial charge in [0.05, 0.1) is 23.4 Å². The molecule has 1 aliphatic carbocycles. The Bertz CT molecular complexity index is 1860. The number of aliphatic hydroxyl groups excluding tert-OH is 2. The number of hydrogen-bond acceptors (Lipinski definition) is 10. The number of rotatable bonds is 16. The van der Waals surface area contributed by atoms with Crippen molar-refractivity contribution < 1.29 is 29.3 Å². The number of β-amino-alcohol motifs (C(OH)–C–C–N with tert-alkyl or cyclic N) is 2. The van der Waals surface area contributed by atoms with Crippen molar-refractivity contribution in [3.63, 3.8) is 0 Å². The number of esters is 2. The van der Waals surface area contributed by atoms with Crippen LogP contribution >= 0.6 is 0 Å². The fraction of sp³-hybridized carbons (Fsp3) is 0.480. The summed E-state index contributed by atoms with van der Waals surface area (Å²) in [6.07, 6.45) is -0.689. The number of aliphatic hydroxyl groups is 2. The lowest BCUT2D eigenvalue weighted by molar-refractivity contribution is -0.168. The maximum Gasteiger partial charge on any atom is 0.312 e. The summed E-state index contributed by atoms with van der Waals surface area (Å²) in [5.74, 6) is -1.31. The number of benzene rings is 4. The molecule has 320 valence electrons. The van der Waals surface area contributed by atoms with Gasteiger partial charge in [-0.3, -0.25) is 29.2 Å². The summed E-state index contributed by atoms with van der Waals surface area (Å²) in [5.41, 5.74) is 3.38. The minimum Gasteiger partial charge on any atom is -0.463 e. The van der Waals surface area contributed by atoms with Crippen molar-refractivity contribution >= 4 is 11.9 Å². The molecule has 1 saturated carbocycles. The summed E-state index contributed by atoms with van der Waals surface area (Å²) >= 11 is 0. The highest BCUT2D eigenvalue weighted by Gasteiger charge is 2.59. The van der Waals surface area contributed by atoms with Crippen LogP contribution in [0.25, 0.3) is 0 Å². The van der Waals surface area contributed by atoms with Gasteiger partial charge in [0.2, 0.25) is 0 Å². The third-order valence-electron chi connectivity index (χ3n) is 13.7. The molecule has 2 N–H and O–H groups in total. The maximum absolute atomic E-state index is 13.7. The molecule has 0 bridgehead atoms. The number of ether oxygens (including phenoxy) is 2. The van der Waals surface area contributed by atoms with E-state index in [9.17, 15) is 19.8 Å². The Morgan fingerprint density at radius 2 is 0.917 bits per heavy atom. The number of carbonyl (C=O) groups is 2. The lowest BCUT2D eigenvalue weighted by Gasteiger charge is -2.40. The lowest BCUT2D eigenvalue weighted by Crippen LogP contribution is -2.50. The second-order valence-electron chi connectivity index (χ2n) is 17.8. The van der Waals surface area contributed by atoms with Crippen molar-refractivity contribution in [2.45, 2.75) is 57.9 Å². The minimum atomic E-state index is -0.929. The molecule has 4 atom stereocenters. The molecule has 0 spiro atoms. The van der Waals surface area contributed by atoms with Crippen LogP contribution in [0.1, 0.15) is 68.0 Å². The first-order chi connectivity index (χ1) is 29.0. The SMILES string of the molecule is CC1(C)[C@H](C(=O)OC[C@@H](O)CN2CCN(C(c3ccccc3)c3ccccc3)CC2)CC[C@]1(C)C(=O)OC[C@H](O)CN1CCN(C(c2ccccc2)c2ccccc2)CC1. The summed E-state index contributed by atoms with van der Waals surface area (Å²) in [4.78, 5) is 36.7. The smallest absolute Gasteiger partial charge is 0.312 e. The monoisotopic (exact) mass is 816 g/mol. The van der Waals surface area contributed by atoms with E-state index in [2.05, 4.69) is 117 Å². The van der Waals surface area contributed by atoms with E-state index in [1.54, 1.807) is 0 Å². The third kappa shape index (κ3) is 10.2. The Morgan fingerprint density at radius 1 is 0.567 bits per heavy atom. The molecule has 3 fully saturated rings. The molecule has 0 amide bonds. The first-order valence-electron chi connectivity index (χ1n) is 21.9. The molecule has 60 heavy (non-hydrogen) atoms. The molecule has 3 aliphatic rings. The van der Waals surface area contributed by atoms with E-state index in [4.69, 9.17) is 9.47 Å². The molecule has 2 aliphatic heterocycles. The zero-order valence-electron chi connectivity index (χ0n) is 35.6. The van der Waals surface area contributed by atoms with Crippen molar-refractivity contribution in [1.82, 2.24) is 19.6 Å². The van der Waals surface area contributed by atoms with Crippen LogP contribution < -0.4 is 0 Å². The van der Waals surface area contributed by atoms with E-state index in [0.29, 0.717) is 25.9 Å². The van der Waals surface area contributed by atoms with Crippen LogP contribution in [0.2, 0.25) is 0 Å². The van der Waals surface area contributed by atoms with Crippen molar-refractivity contribution in [2.24, 2.45) is 16.7 Å². The number of hydrogen-bond donors (Lipinski definition) is 2. The highest BCUT2D eigenvalue weighted by molar-refractivity contribution is 5.82. The second-order valence-corrected chi connectivity index (χ2v) is 17.8. The summed E-state index contributed by atoms with van der Waals surface area (Å²) < 4.78 is 11.5. The molecule has 4 aromatic carbocycles. The van der Waals surface area contributed by atoms with Crippen molar-refractivity contribution in [3.05, 3.63) is 144 Å². The molecule has 10 heteroatoms. The highest BCUT2D eigenvalue weighted by atomic mass is 16.5. The fourth-order valence-corrected chi connectivity index (χ4v) is 9.77. The van der Waals surface area contributed by atoms with Crippen LogP contribution in [0.4, 0.5) is 0 Å². The average molecular weight is 817 g/mol. The van der Waals surface area contributed by atoms with E-state index >= 15 is 0 Å². The number of piperazine rings is 2. The Balaban J connectivity index is 0.835. The molecular formula is C50H64N4O6. The molecule has 4 aromatic rings. The molecule has 10 nitrogen and oxygen atoms in total. The van der Waals surface area contributed by atoms with Crippen LogP contribution in [0.3, 0.4) is 0 Å². The summed E-state index contributed by atoms with van der Waals surface area (Å²) in [5, 5.41) is 22.0. The molecular weight excluding hydrogens is 753 g/mol. The summed E-state index contributed by atoms with van der Waals surface area (Å²) in [7, 11) is 0. The molecule has 2 saturated heterocycles. The summed E-state index contributed by atoms with van der Waals surface area (Å²) in [6.45, 7) is 12.9. The quantitative estimate of drug-likeness (QED) is 0.130. The van der Waals surface area contributed by atoms with Gasteiger partial charge in [0, 0.05) is 65.4 Å². The molecule has 0 unspecified atom stereocenters. The second kappa shape index (κ2) is 20.0. The topological polar surface area (TPSA) is 106 Å². The van der Waals surface area contributed by atoms with E-state index < -0.39 is 40.9 Å². The van der Waals surface area contributed by atoms with Gasteiger partial charge in [0.1, 0.15) is 25.4 Å². The maximum atomic E-state index is 13.7. The van der Waals surface area contributed by atoms with Crippen molar-refractivity contribution in [2.75, 3.05) is 78.7 Å².